The summed E-state index contributed by atoms with van der Waals surface area (Å²) in [6, 6.07) is 0. The van der Waals surface area contributed by atoms with Crippen molar-refractivity contribution in [2.75, 3.05) is 39.6 Å². The van der Waals surface area contributed by atoms with Crippen LogP contribution in [0.3, 0.4) is 0 Å². The monoisotopic (exact) mass is 1300 g/mol. The second-order valence-corrected chi connectivity index (χ2v) is 29.0. The average molecular weight is 1300 g/mol. The Hall–Kier alpha value is -1.94. The molecule has 0 aliphatic carbocycles. The van der Waals surface area contributed by atoms with Crippen molar-refractivity contribution < 1.29 is 80.2 Å². The highest BCUT2D eigenvalue weighted by Gasteiger charge is 2.30. The van der Waals surface area contributed by atoms with Crippen LogP contribution in [-0.4, -0.2) is 96.7 Å². The summed E-state index contributed by atoms with van der Waals surface area (Å²) in [5, 5.41) is 10.5. The lowest BCUT2D eigenvalue weighted by atomic mass is 9.99. The Balaban J connectivity index is 5.15. The van der Waals surface area contributed by atoms with Crippen LogP contribution >= 0.6 is 15.6 Å². The third-order valence-corrected chi connectivity index (χ3v) is 18.1. The van der Waals surface area contributed by atoms with Gasteiger partial charge in [0.2, 0.25) is 0 Å². The molecule has 0 spiro atoms. The van der Waals surface area contributed by atoms with E-state index in [9.17, 15) is 43.2 Å². The SMILES string of the molecule is CCCCCCCC(=O)OC[C@H](COP(=O)(O)OC[C@H](O)COP(=O)(O)OC[C@@H](COC(=O)CCCCCCCCCCCCCCCC(C)C)OC(=O)CCCCCCCCCCCCCCCCC(C)CC)OC(=O)CCCCCCCCC(C)C. The topological polar surface area (TPSA) is 237 Å². The summed E-state index contributed by atoms with van der Waals surface area (Å²) in [4.78, 5) is 72.2. The maximum atomic E-state index is 13.0. The van der Waals surface area contributed by atoms with E-state index >= 15 is 0 Å². The lowest BCUT2D eigenvalue weighted by molar-refractivity contribution is -0.161. The molecule has 0 rings (SSSR count). The first kappa shape index (κ1) is 86.1. The van der Waals surface area contributed by atoms with Gasteiger partial charge in [0.15, 0.2) is 12.2 Å². The van der Waals surface area contributed by atoms with Gasteiger partial charge in [-0.2, -0.15) is 0 Å². The fourth-order valence-corrected chi connectivity index (χ4v) is 11.9. The Morgan fingerprint density at radius 2 is 0.580 bits per heavy atom. The van der Waals surface area contributed by atoms with Gasteiger partial charge in [-0.05, 0) is 43.4 Å². The van der Waals surface area contributed by atoms with Crippen molar-refractivity contribution in [1.82, 2.24) is 0 Å². The van der Waals surface area contributed by atoms with E-state index in [2.05, 4.69) is 48.5 Å². The summed E-state index contributed by atoms with van der Waals surface area (Å²) in [6.45, 7) is 11.7. The zero-order valence-electron chi connectivity index (χ0n) is 57.2. The molecular weight excluding hydrogens is 1160 g/mol. The van der Waals surface area contributed by atoms with Crippen molar-refractivity contribution in [1.29, 1.82) is 0 Å². The van der Waals surface area contributed by atoms with E-state index in [4.69, 9.17) is 37.0 Å². The van der Waals surface area contributed by atoms with Crippen molar-refractivity contribution >= 4 is 39.5 Å². The van der Waals surface area contributed by atoms with Crippen molar-refractivity contribution in [3.63, 3.8) is 0 Å². The minimum absolute atomic E-state index is 0.101. The maximum absolute atomic E-state index is 13.0. The molecule has 0 radical (unpaired) electrons. The van der Waals surface area contributed by atoms with Crippen LogP contribution in [-0.2, 0) is 65.4 Å². The van der Waals surface area contributed by atoms with E-state index in [1.54, 1.807) is 0 Å². The second kappa shape index (κ2) is 60.0. The van der Waals surface area contributed by atoms with Gasteiger partial charge in [-0.15, -0.1) is 0 Å². The van der Waals surface area contributed by atoms with Crippen molar-refractivity contribution in [3.8, 4) is 0 Å². The minimum atomic E-state index is -4.95. The van der Waals surface area contributed by atoms with Gasteiger partial charge in [0, 0.05) is 25.7 Å². The summed E-state index contributed by atoms with van der Waals surface area (Å²) in [5.41, 5.74) is 0. The predicted octanol–water partition coefficient (Wildman–Crippen LogP) is 19.5. The van der Waals surface area contributed by atoms with Crippen molar-refractivity contribution in [2.24, 2.45) is 17.8 Å². The number of hydrogen-bond donors (Lipinski definition) is 3. The van der Waals surface area contributed by atoms with Crippen LogP contribution < -0.4 is 0 Å². The third kappa shape index (κ3) is 61.6. The molecule has 0 aliphatic rings. The van der Waals surface area contributed by atoms with E-state index in [0.717, 1.165) is 108 Å². The maximum Gasteiger partial charge on any atom is 0.472 e. The van der Waals surface area contributed by atoms with Gasteiger partial charge in [0.1, 0.15) is 19.3 Å². The number of rotatable bonds is 67. The molecule has 0 saturated carbocycles. The standard InChI is InChI=1S/C69H134O17P2/c1-8-10-11-33-43-50-66(71)79-56-64(86-69(74)53-46-39-32-31-35-41-48-61(5)6)58-83-87(75,76)81-54-63(70)55-82-88(77,78)84-59-65(57-80-67(72)51-44-37-29-25-21-18-14-15-19-23-27-34-40-47-60(3)4)85-68(73)52-45-38-30-26-22-17-13-12-16-20-24-28-36-42-49-62(7)9-2/h60-65,70H,8-59H2,1-7H3,(H,75,76)(H,77,78)/t62?,63-,64+,65+/m0/s1. The highest BCUT2D eigenvalue weighted by atomic mass is 31.2. The largest absolute Gasteiger partial charge is 0.472 e. The molecule has 0 aromatic rings. The van der Waals surface area contributed by atoms with Crippen LogP contribution in [0.15, 0.2) is 0 Å². The highest BCUT2D eigenvalue weighted by Crippen LogP contribution is 2.45. The number of aliphatic hydroxyl groups excluding tert-OH is 1. The van der Waals surface area contributed by atoms with Crippen LogP contribution in [0, 0.1) is 17.8 Å². The summed E-state index contributed by atoms with van der Waals surface area (Å²) < 4.78 is 68.0. The number of phosphoric ester groups is 2. The molecule has 17 nitrogen and oxygen atoms in total. The first-order valence-corrected chi connectivity index (χ1v) is 38.9. The Kier molecular flexibility index (Phi) is 58.7. The molecule has 88 heavy (non-hydrogen) atoms. The lowest BCUT2D eigenvalue weighted by Crippen LogP contribution is -2.30. The average Bonchev–Trinajstić information content (AvgIpc) is 3.46. The Bertz CT molecular complexity index is 1730. The number of unbranched alkanes of at least 4 members (excludes halogenated alkanes) is 34. The minimum Gasteiger partial charge on any atom is -0.462 e. The first-order chi connectivity index (χ1) is 42.3. The summed E-state index contributed by atoms with van der Waals surface area (Å²) in [7, 11) is -9.89. The van der Waals surface area contributed by atoms with Crippen LogP contribution in [0.2, 0.25) is 0 Å². The summed E-state index contributed by atoms with van der Waals surface area (Å²) in [6.07, 6.45) is 43.6. The summed E-state index contributed by atoms with van der Waals surface area (Å²) in [5.74, 6) is 0.164. The van der Waals surface area contributed by atoms with Crippen LogP contribution in [0.4, 0.5) is 0 Å². The highest BCUT2D eigenvalue weighted by molar-refractivity contribution is 7.47. The number of carbonyl (C=O) groups excluding carboxylic acids is 4. The molecule has 19 heteroatoms. The van der Waals surface area contributed by atoms with Gasteiger partial charge in [-0.1, -0.05) is 292 Å². The molecule has 0 aliphatic heterocycles. The number of aliphatic hydroxyl groups is 1. The molecule has 0 amide bonds. The number of esters is 4. The lowest BCUT2D eigenvalue weighted by Gasteiger charge is -2.21. The Morgan fingerprint density at radius 1 is 0.330 bits per heavy atom. The van der Waals surface area contributed by atoms with Gasteiger partial charge < -0.3 is 33.8 Å². The van der Waals surface area contributed by atoms with E-state index in [1.807, 2.05) is 0 Å². The predicted molar refractivity (Wildman–Crippen MR) is 354 cm³/mol. The molecule has 0 aromatic carbocycles. The van der Waals surface area contributed by atoms with Crippen LogP contribution in [0.5, 0.6) is 0 Å². The van der Waals surface area contributed by atoms with Crippen LogP contribution in [0.1, 0.15) is 344 Å². The molecular formula is C69H134O17P2. The first-order valence-electron chi connectivity index (χ1n) is 35.9. The zero-order valence-corrected chi connectivity index (χ0v) is 59.0. The van der Waals surface area contributed by atoms with Gasteiger partial charge in [0.05, 0.1) is 26.4 Å². The normalized spacial score (nSPS) is 14.5. The molecule has 0 bridgehead atoms. The quantitative estimate of drug-likeness (QED) is 0.0222. The second-order valence-electron chi connectivity index (χ2n) is 26.1. The van der Waals surface area contributed by atoms with E-state index < -0.39 is 97.5 Å². The molecule has 522 valence electrons. The molecule has 0 fully saturated rings. The number of ether oxygens (including phenoxy) is 4. The third-order valence-electron chi connectivity index (χ3n) is 16.2. The van der Waals surface area contributed by atoms with Gasteiger partial charge in [-0.25, -0.2) is 9.13 Å². The van der Waals surface area contributed by atoms with Crippen molar-refractivity contribution in [2.45, 2.75) is 362 Å². The zero-order chi connectivity index (χ0) is 65.2. The van der Waals surface area contributed by atoms with Gasteiger partial charge >= 0.3 is 39.5 Å². The number of hydrogen-bond acceptors (Lipinski definition) is 15. The van der Waals surface area contributed by atoms with Gasteiger partial charge in [0.25, 0.3) is 0 Å². The fourth-order valence-electron chi connectivity index (χ4n) is 10.3. The number of phosphoric acid groups is 2. The molecule has 3 N–H and O–H groups in total. The van der Waals surface area contributed by atoms with E-state index in [0.29, 0.717) is 31.6 Å². The Morgan fingerprint density at radius 3 is 0.864 bits per heavy atom. The van der Waals surface area contributed by atoms with Crippen molar-refractivity contribution in [3.05, 3.63) is 0 Å². The fraction of sp³-hybridized carbons (Fsp3) is 0.942. The molecule has 3 unspecified atom stereocenters. The molecule has 6 atom stereocenters. The number of carbonyl (C=O) groups is 4. The Labute approximate surface area is 537 Å². The van der Waals surface area contributed by atoms with Gasteiger partial charge in [-0.3, -0.25) is 37.3 Å². The molecule has 0 heterocycles. The smallest absolute Gasteiger partial charge is 0.462 e. The van der Waals surface area contributed by atoms with E-state index in [-0.39, 0.29) is 25.7 Å². The summed E-state index contributed by atoms with van der Waals surface area (Å²) >= 11 is 0. The van der Waals surface area contributed by atoms with Crippen LogP contribution in [0.25, 0.3) is 0 Å². The van der Waals surface area contributed by atoms with E-state index in [1.165, 1.54) is 148 Å². The molecule has 0 aromatic heterocycles. The molecule has 0 saturated heterocycles.